The third-order valence-corrected chi connectivity index (χ3v) is 3.89. The number of hydrogen-bond donors (Lipinski definition) is 1. The summed E-state index contributed by atoms with van der Waals surface area (Å²) in [4.78, 5) is 20.6. The van der Waals surface area contributed by atoms with Crippen LogP contribution in [-0.4, -0.2) is 73.9 Å². The van der Waals surface area contributed by atoms with Crippen molar-refractivity contribution in [2.75, 3.05) is 53.0 Å². The third kappa shape index (κ3) is 5.69. The van der Waals surface area contributed by atoms with Gasteiger partial charge in [-0.15, -0.1) is 0 Å². The van der Waals surface area contributed by atoms with Crippen LogP contribution in [-0.2, 0) is 11.3 Å². The van der Waals surface area contributed by atoms with Gasteiger partial charge in [0.15, 0.2) is 0 Å². The highest BCUT2D eigenvalue weighted by Crippen LogP contribution is 2.08. The first-order valence-electron chi connectivity index (χ1n) is 8.04. The van der Waals surface area contributed by atoms with Gasteiger partial charge in [-0.2, -0.15) is 0 Å². The van der Waals surface area contributed by atoms with Gasteiger partial charge in [-0.3, -0.25) is 0 Å². The second-order valence-corrected chi connectivity index (χ2v) is 5.43. The fourth-order valence-electron chi connectivity index (χ4n) is 2.39. The van der Waals surface area contributed by atoms with Crippen molar-refractivity contribution in [2.45, 2.75) is 13.5 Å². The number of hydrogen-bond acceptors (Lipinski definition) is 5. The molecule has 2 heterocycles. The van der Waals surface area contributed by atoms with E-state index in [0.29, 0.717) is 25.6 Å². The summed E-state index contributed by atoms with van der Waals surface area (Å²) < 4.78 is 10.3. The zero-order valence-electron chi connectivity index (χ0n) is 14.0. The second kappa shape index (κ2) is 9.32. The topological polar surface area (TPSA) is 66.9 Å². The predicted octanol–water partition coefficient (Wildman–Crippen LogP) is 0.954. The van der Waals surface area contributed by atoms with E-state index in [0.717, 1.165) is 38.3 Å². The van der Waals surface area contributed by atoms with E-state index < -0.39 is 0 Å². The van der Waals surface area contributed by atoms with Gasteiger partial charge in [-0.25, -0.2) is 9.78 Å². The molecule has 128 valence electrons. The van der Waals surface area contributed by atoms with Gasteiger partial charge in [0, 0.05) is 52.1 Å². The number of carbonyl (C=O) groups excluding carboxylic acids is 1. The number of aromatic nitrogens is 1. The standard InChI is InChI=1S/C16H26N4O3/c1-3-19-6-8-20(9-7-19)16(21)18-13-14-4-5-15(17-12-14)23-11-10-22-2/h4-5,12H,3,6-11,13H2,1-2H3,(H,18,21). The Morgan fingerprint density at radius 1 is 1.26 bits per heavy atom. The van der Waals surface area contributed by atoms with Crippen molar-refractivity contribution >= 4 is 6.03 Å². The van der Waals surface area contributed by atoms with E-state index in [1.165, 1.54) is 0 Å². The lowest BCUT2D eigenvalue weighted by Gasteiger charge is -2.34. The Morgan fingerprint density at radius 3 is 2.65 bits per heavy atom. The van der Waals surface area contributed by atoms with Gasteiger partial charge in [0.25, 0.3) is 0 Å². The number of rotatable bonds is 7. The average molecular weight is 322 g/mol. The van der Waals surface area contributed by atoms with Gasteiger partial charge in [0.2, 0.25) is 5.88 Å². The summed E-state index contributed by atoms with van der Waals surface area (Å²) in [5, 5.41) is 2.94. The van der Waals surface area contributed by atoms with Crippen LogP contribution in [0.2, 0.25) is 0 Å². The minimum absolute atomic E-state index is 0.0128. The number of carbonyl (C=O) groups is 1. The highest BCUT2D eigenvalue weighted by molar-refractivity contribution is 5.74. The number of amides is 2. The molecular weight excluding hydrogens is 296 g/mol. The Kier molecular flexibility index (Phi) is 7.09. The number of nitrogens with zero attached hydrogens (tertiary/aromatic N) is 3. The molecule has 1 fully saturated rings. The third-order valence-electron chi connectivity index (χ3n) is 3.89. The summed E-state index contributed by atoms with van der Waals surface area (Å²) in [6, 6.07) is 3.70. The molecule has 1 aliphatic rings. The maximum Gasteiger partial charge on any atom is 0.317 e. The van der Waals surface area contributed by atoms with Gasteiger partial charge < -0.3 is 24.6 Å². The molecule has 0 unspecified atom stereocenters. The van der Waals surface area contributed by atoms with Crippen molar-refractivity contribution in [3.8, 4) is 5.88 Å². The van der Waals surface area contributed by atoms with Gasteiger partial charge >= 0.3 is 6.03 Å². The molecule has 0 bridgehead atoms. The fourth-order valence-corrected chi connectivity index (χ4v) is 2.39. The maximum absolute atomic E-state index is 12.1. The maximum atomic E-state index is 12.1. The molecule has 0 atom stereocenters. The highest BCUT2D eigenvalue weighted by atomic mass is 16.5. The Bertz CT molecular complexity index is 473. The van der Waals surface area contributed by atoms with Crippen LogP contribution in [0.1, 0.15) is 12.5 Å². The molecule has 0 aliphatic carbocycles. The summed E-state index contributed by atoms with van der Waals surface area (Å²) in [7, 11) is 1.63. The molecular formula is C16H26N4O3. The van der Waals surface area contributed by atoms with E-state index in [-0.39, 0.29) is 6.03 Å². The minimum Gasteiger partial charge on any atom is -0.475 e. The normalized spacial score (nSPS) is 15.5. The molecule has 0 radical (unpaired) electrons. The van der Waals surface area contributed by atoms with Crippen molar-refractivity contribution in [1.82, 2.24) is 20.1 Å². The molecule has 0 aromatic carbocycles. The molecule has 7 nitrogen and oxygen atoms in total. The molecule has 1 aliphatic heterocycles. The van der Waals surface area contributed by atoms with Gasteiger partial charge in [0.1, 0.15) is 6.61 Å². The number of methoxy groups -OCH3 is 1. The molecule has 1 aromatic heterocycles. The van der Waals surface area contributed by atoms with Gasteiger partial charge in [0.05, 0.1) is 6.61 Å². The number of nitrogens with one attached hydrogen (secondary N) is 1. The summed E-state index contributed by atoms with van der Waals surface area (Å²) in [6.07, 6.45) is 1.72. The van der Waals surface area contributed by atoms with Crippen LogP contribution in [0.3, 0.4) is 0 Å². The number of piperazine rings is 1. The van der Waals surface area contributed by atoms with Gasteiger partial charge in [-0.05, 0) is 12.1 Å². The Morgan fingerprint density at radius 2 is 2.04 bits per heavy atom. The van der Waals surface area contributed by atoms with Crippen molar-refractivity contribution in [1.29, 1.82) is 0 Å². The van der Waals surface area contributed by atoms with Crippen molar-refractivity contribution in [3.05, 3.63) is 23.9 Å². The van der Waals surface area contributed by atoms with E-state index in [1.54, 1.807) is 19.4 Å². The summed E-state index contributed by atoms with van der Waals surface area (Å²) in [5.74, 6) is 0.563. The first-order valence-corrected chi connectivity index (χ1v) is 8.04. The van der Waals surface area contributed by atoms with Crippen LogP contribution in [0.15, 0.2) is 18.3 Å². The minimum atomic E-state index is -0.0128. The molecule has 0 saturated carbocycles. The van der Waals surface area contributed by atoms with E-state index in [1.807, 2.05) is 11.0 Å². The summed E-state index contributed by atoms with van der Waals surface area (Å²) in [6.45, 7) is 8.12. The lowest BCUT2D eigenvalue weighted by Crippen LogP contribution is -2.51. The van der Waals surface area contributed by atoms with Crippen LogP contribution in [0.25, 0.3) is 0 Å². The molecule has 2 rings (SSSR count). The molecule has 2 amide bonds. The first-order chi connectivity index (χ1) is 11.2. The first kappa shape index (κ1) is 17.5. The summed E-state index contributed by atoms with van der Waals surface area (Å²) in [5.41, 5.74) is 0.949. The second-order valence-electron chi connectivity index (χ2n) is 5.43. The number of pyridine rings is 1. The van der Waals surface area contributed by atoms with E-state index in [2.05, 4.69) is 22.1 Å². The van der Waals surface area contributed by atoms with E-state index in [9.17, 15) is 4.79 Å². The van der Waals surface area contributed by atoms with Crippen LogP contribution in [0.5, 0.6) is 5.88 Å². The van der Waals surface area contributed by atoms with E-state index in [4.69, 9.17) is 9.47 Å². The lowest BCUT2D eigenvalue weighted by atomic mass is 10.3. The SMILES string of the molecule is CCN1CCN(C(=O)NCc2ccc(OCCOC)nc2)CC1. The Balaban J connectivity index is 1.71. The number of ether oxygens (including phenoxy) is 2. The monoisotopic (exact) mass is 322 g/mol. The average Bonchev–Trinajstić information content (AvgIpc) is 2.61. The van der Waals surface area contributed by atoms with Gasteiger partial charge in [-0.1, -0.05) is 13.0 Å². The van der Waals surface area contributed by atoms with Crippen LogP contribution < -0.4 is 10.1 Å². The fraction of sp³-hybridized carbons (Fsp3) is 0.625. The highest BCUT2D eigenvalue weighted by Gasteiger charge is 2.19. The number of likely N-dealkylation sites (N-methyl/N-ethyl adjacent to an activating group) is 1. The molecule has 1 aromatic rings. The number of urea groups is 1. The van der Waals surface area contributed by atoms with Crippen LogP contribution >= 0.6 is 0 Å². The molecule has 7 heteroatoms. The smallest absolute Gasteiger partial charge is 0.317 e. The molecule has 1 saturated heterocycles. The van der Waals surface area contributed by atoms with E-state index >= 15 is 0 Å². The lowest BCUT2D eigenvalue weighted by molar-refractivity contribution is 0.142. The van der Waals surface area contributed by atoms with Crippen molar-refractivity contribution in [3.63, 3.8) is 0 Å². The van der Waals surface area contributed by atoms with Crippen LogP contribution in [0.4, 0.5) is 4.79 Å². The predicted molar refractivity (Wildman–Crippen MR) is 87.5 cm³/mol. The largest absolute Gasteiger partial charge is 0.475 e. The zero-order valence-corrected chi connectivity index (χ0v) is 14.0. The Hall–Kier alpha value is -1.86. The molecule has 23 heavy (non-hydrogen) atoms. The van der Waals surface area contributed by atoms with Crippen molar-refractivity contribution in [2.24, 2.45) is 0 Å². The van der Waals surface area contributed by atoms with Crippen molar-refractivity contribution < 1.29 is 14.3 Å². The van der Waals surface area contributed by atoms with Crippen LogP contribution in [0, 0.1) is 0 Å². The Labute approximate surface area is 137 Å². The molecule has 0 spiro atoms. The summed E-state index contributed by atoms with van der Waals surface area (Å²) >= 11 is 0. The molecule has 1 N–H and O–H groups in total. The quantitative estimate of drug-likeness (QED) is 0.757. The zero-order chi connectivity index (χ0) is 16.5.